The van der Waals surface area contributed by atoms with E-state index in [0.29, 0.717) is 5.69 Å². The lowest BCUT2D eigenvalue weighted by Gasteiger charge is -2.08. The minimum absolute atomic E-state index is 0.0676. The fourth-order valence-corrected chi connectivity index (χ4v) is 2.13. The third-order valence-electron chi connectivity index (χ3n) is 2.37. The number of carboxylic acids is 1. The van der Waals surface area contributed by atoms with Crippen LogP contribution in [0.1, 0.15) is 20.8 Å². The second-order valence-corrected chi connectivity index (χ2v) is 4.98. The highest BCUT2D eigenvalue weighted by Crippen LogP contribution is 2.25. The molecule has 0 saturated heterocycles. The molecule has 98 valence electrons. The van der Waals surface area contributed by atoms with Gasteiger partial charge in [0.15, 0.2) is 0 Å². The predicted molar refractivity (Wildman–Crippen MR) is 74.9 cm³/mol. The molecule has 19 heavy (non-hydrogen) atoms. The normalized spacial score (nSPS) is 10.2. The van der Waals surface area contributed by atoms with Crippen LogP contribution in [0, 0.1) is 0 Å². The van der Waals surface area contributed by atoms with Crippen molar-refractivity contribution in [2.45, 2.75) is 0 Å². The molecule has 0 bridgehead atoms. The summed E-state index contributed by atoms with van der Waals surface area (Å²) in [5.41, 5.74) is 0.321. The largest absolute Gasteiger partial charge is 0.478 e. The topological polar surface area (TPSA) is 82.2 Å². The van der Waals surface area contributed by atoms with Crippen molar-refractivity contribution < 1.29 is 14.7 Å². The Hall–Kier alpha value is -1.79. The molecule has 7 heteroatoms. The van der Waals surface area contributed by atoms with Crippen molar-refractivity contribution in [3.63, 3.8) is 0 Å². The first-order valence-corrected chi connectivity index (χ1v) is 6.33. The molecule has 5 nitrogen and oxygen atoms in total. The molecule has 1 amide bonds. The number of carbonyl (C=O) groups excluding carboxylic acids is 1. The summed E-state index contributed by atoms with van der Waals surface area (Å²) in [6, 6.07) is 6.08. The molecule has 3 N–H and O–H groups in total. The smallest absolute Gasteiger partial charge is 0.339 e. The Bertz CT molecular complexity index is 654. The summed E-state index contributed by atoms with van der Waals surface area (Å²) in [6.45, 7) is 0. The van der Waals surface area contributed by atoms with Gasteiger partial charge in [-0.3, -0.25) is 4.79 Å². The van der Waals surface area contributed by atoms with Crippen LogP contribution in [0.3, 0.4) is 0 Å². The molecule has 1 aromatic carbocycles. The van der Waals surface area contributed by atoms with Gasteiger partial charge in [0.2, 0.25) is 0 Å². The number of aromatic carboxylic acids is 1. The first-order chi connectivity index (χ1) is 8.99. The molecule has 0 radical (unpaired) electrons. The molecule has 1 aromatic heterocycles. The second-order valence-electron chi connectivity index (χ2n) is 3.65. The van der Waals surface area contributed by atoms with E-state index in [4.69, 9.17) is 16.7 Å². The van der Waals surface area contributed by atoms with Gasteiger partial charge in [0.1, 0.15) is 11.3 Å². The van der Waals surface area contributed by atoms with Crippen molar-refractivity contribution >= 4 is 45.1 Å². The summed E-state index contributed by atoms with van der Waals surface area (Å²) in [5.74, 6) is -1.65. The van der Waals surface area contributed by atoms with Crippen LogP contribution in [-0.2, 0) is 0 Å². The van der Waals surface area contributed by atoms with E-state index in [1.807, 2.05) is 0 Å². The Kier molecular flexibility index (Phi) is 3.92. The van der Waals surface area contributed by atoms with E-state index in [0.717, 1.165) is 4.47 Å². The first-order valence-electron chi connectivity index (χ1n) is 5.16. The van der Waals surface area contributed by atoms with Crippen molar-refractivity contribution in [1.29, 1.82) is 0 Å². The molecule has 0 spiro atoms. The number of carboxylic acid groups (broad SMARTS) is 1. The maximum atomic E-state index is 11.9. The summed E-state index contributed by atoms with van der Waals surface area (Å²) in [7, 11) is 0. The quantitative estimate of drug-likeness (QED) is 0.799. The van der Waals surface area contributed by atoms with Crippen LogP contribution in [-0.4, -0.2) is 22.0 Å². The number of anilines is 1. The summed E-state index contributed by atoms with van der Waals surface area (Å²) >= 11 is 9.02. The van der Waals surface area contributed by atoms with Crippen molar-refractivity contribution in [3.8, 4) is 0 Å². The van der Waals surface area contributed by atoms with Crippen LogP contribution in [0.5, 0.6) is 0 Å². The SMILES string of the molecule is O=C(Nc1cccc(Cl)c1C(=O)O)c1cc(Br)c[nH]1. The van der Waals surface area contributed by atoms with Gasteiger partial charge in [0.25, 0.3) is 5.91 Å². The number of rotatable bonds is 3. The lowest BCUT2D eigenvalue weighted by molar-refractivity contribution is 0.0698. The fraction of sp³-hybridized carbons (Fsp3) is 0. The van der Waals surface area contributed by atoms with E-state index in [-0.39, 0.29) is 16.3 Å². The zero-order valence-electron chi connectivity index (χ0n) is 9.41. The molecular weight excluding hydrogens is 336 g/mol. The summed E-state index contributed by atoms with van der Waals surface area (Å²) < 4.78 is 0.724. The van der Waals surface area contributed by atoms with Gasteiger partial charge < -0.3 is 15.4 Å². The molecule has 2 rings (SSSR count). The number of H-pyrrole nitrogens is 1. The Morgan fingerprint density at radius 1 is 1.37 bits per heavy atom. The van der Waals surface area contributed by atoms with Gasteiger partial charge in [-0.1, -0.05) is 17.7 Å². The molecule has 1 heterocycles. The first kappa shape index (κ1) is 13.6. The summed E-state index contributed by atoms with van der Waals surface area (Å²) in [6.07, 6.45) is 1.60. The van der Waals surface area contributed by atoms with Crippen LogP contribution >= 0.6 is 27.5 Å². The maximum Gasteiger partial charge on any atom is 0.339 e. The van der Waals surface area contributed by atoms with E-state index in [9.17, 15) is 9.59 Å². The Balaban J connectivity index is 2.31. The van der Waals surface area contributed by atoms with Crippen molar-refractivity contribution in [3.05, 3.63) is 51.2 Å². The van der Waals surface area contributed by atoms with Gasteiger partial charge in [-0.2, -0.15) is 0 Å². The Morgan fingerprint density at radius 2 is 2.11 bits per heavy atom. The monoisotopic (exact) mass is 342 g/mol. The van der Waals surface area contributed by atoms with E-state index in [2.05, 4.69) is 26.2 Å². The van der Waals surface area contributed by atoms with Crippen molar-refractivity contribution in [2.75, 3.05) is 5.32 Å². The Morgan fingerprint density at radius 3 is 2.68 bits per heavy atom. The minimum Gasteiger partial charge on any atom is -0.478 e. The number of halogens is 2. The molecule has 0 aliphatic heterocycles. The van der Waals surface area contributed by atoms with Crippen molar-refractivity contribution in [1.82, 2.24) is 4.98 Å². The number of benzene rings is 1. The van der Waals surface area contributed by atoms with E-state index >= 15 is 0 Å². The molecular formula is C12H8BrClN2O3. The second kappa shape index (κ2) is 5.46. The standard InChI is InChI=1S/C12H8BrClN2O3/c13-6-4-9(15-5-6)11(17)16-8-3-1-2-7(14)10(8)12(18)19/h1-5,15H,(H,16,17)(H,18,19). The molecule has 0 fully saturated rings. The number of carbonyl (C=O) groups is 2. The van der Waals surface area contributed by atoms with Gasteiger partial charge in [0.05, 0.1) is 10.7 Å². The lowest BCUT2D eigenvalue weighted by atomic mass is 10.1. The average molecular weight is 344 g/mol. The number of amides is 1. The highest BCUT2D eigenvalue weighted by Gasteiger charge is 2.17. The van der Waals surface area contributed by atoms with Crippen LogP contribution in [0.4, 0.5) is 5.69 Å². The van der Waals surface area contributed by atoms with Gasteiger partial charge in [-0.05, 0) is 34.1 Å². The van der Waals surface area contributed by atoms with Crippen molar-refractivity contribution in [2.24, 2.45) is 0 Å². The fourth-order valence-electron chi connectivity index (χ4n) is 1.53. The molecule has 0 aliphatic rings. The van der Waals surface area contributed by atoms with Gasteiger partial charge >= 0.3 is 5.97 Å². The molecule has 0 saturated carbocycles. The van der Waals surface area contributed by atoms with E-state index < -0.39 is 11.9 Å². The number of hydrogen-bond donors (Lipinski definition) is 3. The number of hydrogen-bond acceptors (Lipinski definition) is 2. The number of aromatic amines is 1. The molecule has 0 aliphatic carbocycles. The predicted octanol–water partition coefficient (Wildman–Crippen LogP) is 3.38. The van der Waals surface area contributed by atoms with E-state index in [1.54, 1.807) is 18.3 Å². The number of aromatic nitrogens is 1. The van der Waals surface area contributed by atoms with Crippen LogP contribution < -0.4 is 5.32 Å². The summed E-state index contributed by atoms with van der Waals surface area (Å²) in [5, 5.41) is 11.7. The third-order valence-corrected chi connectivity index (χ3v) is 3.14. The number of nitrogens with one attached hydrogen (secondary N) is 2. The van der Waals surface area contributed by atoms with Gasteiger partial charge in [0, 0.05) is 10.7 Å². The highest BCUT2D eigenvalue weighted by molar-refractivity contribution is 9.10. The van der Waals surface area contributed by atoms with Crippen LogP contribution in [0.2, 0.25) is 5.02 Å². The molecule has 2 aromatic rings. The zero-order chi connectivity index (χ0) is 14.0. The van der Waals surface area contributed by atoms with Gasteiger partial charge in [-0.15, -0.1) is 0 Å². The Labute approximate surface area is 121 Å². The van der Waals surface area contributed by atoms with E-state index in [1.165, 1.54) is 12.1 Å². The van der Waals surface area contributed by atoms with Crippen LogP contribution in [0.15, 0.2) is 34.9 Å². The third kappa shape index (κ3) is 2.97. The average Bonchev–Trinajstić information content (AvgIpc) is 2.75. The lowest BCUT2D eigenvalue weighted by Crippen LogP contribution is -2.15. The minimum atomic E-state index is -1.20. The van der Waals surface area contributed by atoms with Gasteiger partial charge in [-0.25, -0.2) is 4.79 Å². The highest BCUT2D eigenvalue weighted by atomic mass is 79.9. The zero-order valence-corrected chi connectivity index (χ0v) is 11.7. The molecule has 0 unspecified atom stereocenters. The molecule has 0 atom stereocenters. The summed E-state index contributed by atoms with van der Waals surface area (Å²) in [4.78, 5) is 25.8. The van der Waals surface area contributed by atoms with Crippen LogP contribution in [0.25, 0.3) is 0 Å². The maximum absolute atomic E-state index is 11.9.